The van der Waals surface area contributed by atoms with Crippen LogP contribution in [-0.4, -0.2) is 41.5 Å². The molecule has 4 nitrogen and oxygen atoms in total. The van der Waals surface area contributed by atoms with Crippen LogP contribution in [0.4, 0.5) is 17.6 Å². The standard InChI is InChI=1S/C13H13F4NO3/c14-12(15)21-10-5-8(4-9(19)6-10)11(20)18-3-1-2-13(16,17)7-18/h4-6,12,19H,1-3,7H2. The average molecular weight is 307 g/mol. The van der Waals surface area contributed by atoms with Gasteiger partial charge in [-0.15, -0.1) is 0 Å². The Morgan fingerprint density at radius 3 is 2.67 bits per heavy atom. The molecule has 8 heteroatoms. The molecule has 0 saturated carbocycles. The zero-order valence-electron chi connectivity index (χ0n) is 10.9. The number of benzene rings is 1. The number of phenolic OH excluding ortho intramolecular Hbond substituents is 1. The lowest BCUT2D eigenvalue weighted by molar-refractivity contribution is -0.0561. The smallest absolute Gasteiger partial charge is 0.387 e. The summed E-state index contributed by atoms with van der Waals surface area (Å²) in [7, 11) is 0. The summed E-state index contributed by atoms with van der Waals surface area (Å²) in [5.74, 6) is -4.59. The molecule has 1 aromatic rings. The van der Waals surface area contributed by atoms with Gasteiger partial charge in [0, 0.05) is 24.6 Å². The minimum absolute atomic E-state index is 0.148. The zero-order valence-corrected chi connectivity index (χ0v) is 10.9. The van der Waals surface area contributed by atoms with Gasteiger partial charge in [0.1, 0.15) is 11.5 Å². The molecule has 0 aromatic heterocycles. The first-order valence-corrected chi connectivity index (χ1v) is 6.23. The van der Waals surface area contributed by atoms with E-state index in [9.17, 15) is 27.5 Å². The predicted octanol–water partition coefficient (Wildman–Crippen LogP) is 2.86. The number of phenols is 1. The summed E-state index contributed by atoms with van der Waals surface area (Å²) >= 11 is 0. The fourth-order valence-electron chi connectivity index (χ4n) is 2.20. The highest BCUT2D eigenvalue weighted by Gasteiger charge is 2.37. The molecule has 1 N–H and O–H groups in total. The summed E-state index contributed by atoms with van der Waals surface area (Å²) in [5, 5.41) is 9.41. The van der Waals surface area contributed by atoms with Crippen LogP contribution < -0.4 is 4.74 Å². The summed E-state index contributed by atoms with van der Waals surface area (Å²) in [4.78, 5) is 13.1. The second-order valence-corrected chi connectivity index (χ2v) is 4.78. The fourth-order valence-corrected chi connectivity index (χ4v) is 2.20. The third kappa shape index (κ3) is 3.99. The van der Waals surface area contributed by atoms with Gasteiger partial charge in [0.05, 0.1) is 6.54 Å². The molecule has 1 aromatic carbocycles. The van der Waals surface area contributed by atoms with Crippen molar-refractivity contribution in [1.82, 2.24) is 4.90 Å². The topological polar surface area (TPSA) is 49.8 Å². The van der Waals surface area contributed by atoms with Crippen molar-refractivity contribution in [3.05, 3.63) is 23.8 Å². The molecule has 1 fully saturated rings. The molecule has 0 atom stereocenters. The van der Waals surface area contributed by atoms with Gasteiger partial charge in [-0.2, -0.15) is 8.78 Å². The van der Waals surface area contributed by atoms with E-state index >= 15 is 0 Å². The summed E-state index contributed by atoms with van der Waals surface area (Å²) in [6.45, 7) is -3.70. The number of halogens is 4. The lowest BCUT2D eigenvalue weighted by atomic mass is 10.1. The number of hydrogen-bond donors (Lipinski definition) is 1. The van der Waals surface area contributed by atoms with Crippen LogP contribution in [0.15, 0.2) is 18.2 Å². The van der Waals surface area contributed by atoms with Crippen molar-refractivity contribution in [2.75, 3.05) is 13.1 Å². The molecule has 116 valence electrons. The molecule has 21 heavy (non-hydrogen) atoms. The average Bonchev–Trinajstić information content (AvgIpc) is 2.35. The SMILES string of the molecule is O=C(c1cc(O)cc(OC(F)F)c1)N1CCCC(F)(F)C1. The Morgan fingerprint density at radius 2 is 2.05 bits per heavy atom. The van der Waals surface area contributed by atoms with E-state index in [1.165, 1.54) is 0 Å². The number of rotatable bonds is 3. The van der Waals surface area contributed by atoms with E-state index in [1.54, 1.807) is 0 Å². The third-order valence-electron chi connectivity index (χ3n) is 3.04. The number of amides is 1. The molecule has 1 heterocycles. The summed E-state index contributed by atoms with van der Waals surface area (Å²) in [6.07, 6.45) is -0.144. The van der Waals surface area contributed by atoms with Crippen LogP contribution in [0.25, 0.3) is 0 Å². The first-order valence-electron chi connectivity index (χ1n) is 6.23. The van der Waals surface area contributed by atoms with Gasteiger partial charge in [0.15, 0.2) is 0 Å². The molecular formula is C13H13F4NO3. The monoisotopic (exact) mass is 307 g/mol. The van der Waals surface area contributed by atoms with Crippen molar-refractivity contribution in [2.24, 2.45) is 0 Å². The molecule has 2 rings (SSSR count). The third-order valence-corrected chi connectivity index (χ3v) is 3.04. The minimum atomic E-state index is -3.12. The number of likely N-dealkylation sites (tertiary alicyclic amines) is 1. The number of carbonyl (C=O) groups excluding carboxylic acids is 1. The number of alkyl halides is 4. The lowest BCUT2D eigenvalue weighted by Gasteiger charge is -2.32. The van der Waals surface area contributed by atoms with Crippen LogP contribution in [-0.2, 0) is 0 Å². The fraction of sp³-hybridized carbons (Fsp3) is 0.462. The molecule has 0 aliphatic carbocycles. The Morgan fingerprint density at radius 1 is 1.33 bits per heavy atom. The molecule has 1 aliphatic heterocycles. The minimum Gasteiger partial charge on any atom is -0.508 e. The predicted molar refractivity (Wildman–Crippen MR) is 64.8 cm³/mol. The van der Waals surface area contributed by atoms with Crippen LogP contribution in [0.5, 0.6) is 11.5 Å². The lowest BCUT2D eigenvalue weighted by Crippen LogP contribution is -2.45. The Hall–Kier alpha value is -1.99. The largest absolute Gasteiger partial charge is 0.508 e. The molecule has 0 spiro atoms. The second kappa shape index (κ2) is 5.79. The van der Waals surface area contributed by atoms with E-state index in [4.69, 9.17) is 0 Å². The van der Waals surface area contributed by atoms with Crippen molar-refractivity contribution < 1.29 is 32.2 Å². The quantitative estimate of drug-likeness (QED) is 0.874. The maximum Gasteiger partial charge on any atom is 0.387 e. The van der Waals surface area contributed by atoms with Crippen molar-refractivity contribution in [2.45, 2.75) is 25.4 Å². The van der Waals surface area contributed by atoms with Gasteiger partial charge in [0.2, 0.25) is 0 Å². The van der Waals surface area contributed by atoms with Crippen molar-refractivity contribution >= 4 is 5.91 Å². The van der Waals surface area contributed by atoms with E-state index in [0.717, 1.165) is 23.1 Å². The van der Waals surface area contributed by atoms with Gasteiger partial charge in [-0.25, -0.2) is 8.78 Å². The van der Waals surface area contributed by atoms with E-state index in [-0.39, 0.29) is 24.9 Å². The van der Waals surface area contributed by atoms with Crippen LogP contribution in [0, 0.1) is 0 Å². The Kier molecular flexibility index (Phi) is 4.24. The highest BCUT2D eigenvalue weighted by atomic mass is 19.3. The van der Waals surface area contributed by atoms with Gasteiger partial charge < -0.3 is 14.7 Å². The molecule has 0 radical (unpaired) electrons. The second-order valence-electron chi connectivity index (χ2n) is 4.78. The van der Waals surface area contributed by atoms with Crippen LogP contribution in [0.2, 0.25) is 0 Å². The van der Waals surface area contributed by atoms with Crippen LogP contribution in [0.3, 0.4) is 0 Å². The van der Waals surface area contributed by atoms with Crippen LogP contribution in [0.1, 0.15) is 23.2 Å². The Bertz CT molecular complexity index is 536. The van der Waals surface area contributed by atoms with Gasteiger partial charge in [-0.05, 0) is 18.6 Å². The van der Waals surface area contributed by atoms with Gasteiger partial charge in [0.25, 0.3) is 11.8 Å². The van der Waals surface area contributed by atoms with Crippen molar-refractivity contribution in [3.8, 4) is 11.5 Å². The summed E-state index contributed by atoms with van der Waals surface area (Å²) in [6, 6.07) is 2.92. The molecule has 1 aliphatic rings. The maximum absolute atomic E-state index is 13.3. The number of ether oxygens (including phenoxy) is 1. The molecule has 0 unspecified atom stereocenters. The van der Waals surface area contributed by atoms with E-state index in [2.05, 4.69) is 4.74 Å². The molecule has 0 bridgehead atoms. The number of piperidine rings is 1. The molecule has 1 saturated heterocycles. The normalized spacial score (nSPS) is 17.9. The van der Waals surface area contributed by atoms with Gasteiger partial charge >= 0.3 is 6.61 Å². The Balaban J connectivity index is 2.20. The number of carbonyl (C=O) groups is 1. The number of aromatic hydroxyl groups is 1. The summed E-state index contributed by atoms with van der Waals surface area (Å²) < 4.78 is 55.0. The van der Waals surface area contributed by atoms with E-state index in [0.29, 0.717) is 0 Å². The summed E-state index contributed by atoms with van der Waals surface area (Å²) in [5.41, 5.74) is -0.177. The number of hydrogen-bond acceptors (Lipinski definition) is 3. The number of nitrogens with zero attached hydrogens (tertiary/aromatic N) is 1. The van der Waals surface area contributed by atoms with Crippen molar-refractivity contribution in [3.63, 3.8) is 0 Å². The maximum atomic E-state index is 13.3. The van der Waals surface area contributed by atoms with E-state index < -0.39 is 36.5 Å². The van der Waals surface area contributed by atoms with Crippen LogP contribution >= 0.6 is 0 Å². The molecular weight excluding hydrogens is 294 g/mol. The van der Waals surface area contributed by atoms with E-state index in [1.807, 2.05) is 0 Å². The van der Waals surface area contributed by atoms with Crippen molar-refractivity contribution in [1.29, 1.82) is 0 Å². The highest BCUT2D eigenvalue weighted by Crippen LogP contribution is 2.29. The van der Waals surface area contributed by atoms with Gasteiger partial charge in [-0.3, -0.25) is 4.79 Å². The zero-order chi connectivity index (χ0) is 15.6. The van der Waals surface area contributed by atoms with Gasteiger partial charge in [-0.1, -0.05) is 0 Å². The first kappa shape index (κ1) is 15.4. The first-order chi connectivity index (χ1) is 9.77. The highest BCUT2D eigenvalue weighted by molar-refractivity contribution is 5.95. The molecule has 1 amide bonds. The Labute approximate surface area is 117 Å².